The van der Waals surface area contributed by atoms with Crippen LogP contribution in [0.25, 0.3) is 11.2 Å². The lowest BCUT2D eigenvalue weighted by atomic mass is 10.2. The minimum Gasteiger partial charge on any atom is -0.396 e. The average molecular weight is 246 g/mol. The normalized spacial score (nSPS) is 11.1. The zero-order valence-electron chi connectivity index (χ0n) is 10.7. The smallest absolute Gasteiger partial charge is 0.180 e. The van der Waals surface area contributed by atoms with E-state index in [9.17, 15) is 0 Å². The Balaban J connectivity index is 2.32. The van der Waals surface area contributed by atoms with Gasteiger partial charge in [0, 0.05) is 31.6 Å². The molecule has 2 aromatic rings. The summed E-state index contributed by atoms with van der Waals surface area (Å²) in [6.07, 6.45) is 4.04. The van der Waals surface area contributed by atoms with Gasteiger partial charge in [0.15, 0.2) is 5.65 Å². The van der Waals surface area contributed by atoms with Crippen molar-refractivity contribution in [2.24, 2.45) is 0 Å². The summed E-state index contributed by atoms with van der Waals surface area (Å²) >= 11 is 0. The van der Waals surface area contributed by atoms with Crippen LogP contribution in [0.3, 0.4) is 0 Å². The van der Waals surface area contributed by atoms with Crippen molar-refractivity contribution in [3.63, 3.8) is 0 Å². The maximum atomic E-state index is 8.95. The van der Waals surface area contributed by atoms with Crippen LogP contribution in [0.4, 0.5) is 5.82 Å². The van der Waals surface area contributed by atoms with Gasteiger partial charge in [-0.3, -0.25) is 4.98 Å². The number of nitrogens with zero attached hydrogens (tertiary/aromatic N) is 4. The highest BCUT2D eigenvalue weighted by Gasteiger charge is 2.12. The van der Waals surface area contributed by atoms with E-state index in [0.29, 0.717) is 11.7 Å². The first-order valence-corrected chi connectivity index (χ1v) is 6.17. The van der Waals surface area contributed by atoms with Gasteiger partial charge in [0.1, 0.15) is 11.3 Å². The molecule has 0 saturated carbocycles. The first-order valence-electron chi connectivity index (χ1n) is 6.17. The molecule has 2 aromatic heterocycles. The van der Waals surface area contributed by atoms with Crippen molar-refractivity contribution < 1.29 is 5.11 Å². The first kappa shape index (κ1) is 12.7. The van der Waals surface area contributed by atoms with Crippen LogP contribution < -0.4 is 4.90 Å². The van der Waals surface area contributed by atoms with Gasteiger partial charge in [0.05, 0.1) is 0 Å². The van der Waals surface area contributed by atoms with Gasteiger partial charge in [-0.15, -0.1) is 0 Å². The second-order valence-electron chi connectivity index (χ2n) is 4.43. The molecule has 96 valence electrons. The highest BCUT2D eigenvalue weighted by Crippen LogP contribution is 2.17. The topological polar surface area (TPSA) is 62.1 Å². The number of hydrogen-bond acceptors (Lipinski definition) is 5. The summed E-state index contributed by atoms with van der Waals surface area (Å²) < 4.78 is 0. The molecule has 0 unspecified atom stereocenters. The van der Waals surface area contributed by atoms with Crippen LogP contribution >= 0.6 is 0 Å². The van der Waals surface area contributed by atoms with E-state index < -0.39 is 0 Å². The largest absolute Gasteiger partial charge is 0.396 e. The fourth-order valence-electron chi connectivity index (χ4n) is 1.88. The number of anilines is 1. The SMILES string of the molecule is CC(C)N(CCCO)c1ccc2nccnc2n1. The monoisotopic (exact) mass is 246 g/mol. The van der Waals surface area contributed by atoms with Gasteiger partial charge in [-0.2, -0.15) is 0 Å². The molecule has 0 aliphatic heterocycles. The molecule has 0 fully saturated rings. The van der Waals surface area contributed by atoms with Crippen molar-refractivity contribution in [1.29, 1.82) is 0 Å². The van der Waals surface area contributed by atoms with Gasteiger partial charge < -0.3 is 10.0 Å². The molecule has 0 aromatic carbocycles. The number of aromatic nitrogens is 3. The van der Waals surface area contributed by atoms with E-state index in [4.69, 9.17) is 5.11 Å². The van der Waals surface area contributed by atoms with E-state index in [2.05, 4.69) is 33.7 Å². The van der Waals surface area contributed by atoms with E-state index in [1.165, 1.54) is 0 Å². The van der Waals surface area contributed by atoms with Gasteiger partial charge in [0.2, 0.25) is 0 Å². The van der Waals surface area contributed by atoms with Crippen LogP contribution in [0.1, 0.15) is 20.3 Å². The summed E-state index contributed by atoms with van der Waals surface area (Å²) in [4.78, 5) is 15.1. The number of hydrogen-bond donors (Lipinski definition) is 1. The number of aliphatic hydroxyl groups is 1. The molecule has 1 N–H and O–H groups in total. The number of aliphatic hydroxyl groups excluding tert-OH is 1. The standard InChI is InChI=1S/C13H18N4O/c1-10(2)17(8-3-9-18)12-5-4-11-13(16-12)15-7-6-14-11/h4-7,10,18H,3,8-9H2,1-2H3. The Morgan fingerprint density at radius 3 is 2.72 bits per heavy atom. The van der Waals surface area contributed by atoms with Crippen molar-refractivity contribution in [3.05, 3.63) is 24.5 Å². The number of pyridine rings is 1. The van der Waals surface area contributed by atoms with E-state index in [1.807, 2.05) is 12.1 Å². The first-order chi connectivity index (χ1) is 8.72. The zero-order chi connectivity index (χ0) is 13.0. The molecule has 0 radical (unpaired) electrons. The summed E-state index contributed by atoms with van der Waals surface area (Å²) in [5.74, 6) is 0.881. The van der Waals surface area contributed by atoms with E-state index >= 15 is 0 Å². The molecule has 0 spiro atoms. The fraction of sp³-hybridized carbons (Fsp3) is 0.462. The van der Waals surface area contributed by atoms with Crippen molar-refractivity contribution >= 4 is 17.0 Å². The second kappa shape index (κ2) is 5.73. The third-order valence-corrected chi connectivity index (χ3v) is 2.79. The van der Waals surface area contributed by atoms with Crippen LogP contribution in [0, 0.1) is 0 Å². The highest BCUT2D eigenvalue weighted by atomic mass is 16.3. The minimum absolute atomic E-state index is 0.191. The molecule has 0 saturated heterocycles. The third-order valence-electron chi connectivity index (χ3n) is 2.79. The summed E-state index contributed by atoms with van der Waals surface area (Å²) in [5, 5.41) is 8.95. The molecule has 2 heterocycles. The van der Waals surface area contributed by atoms with Gasteiger partial charge in [-0.05, 0) is 32.4 Å². The van der Waals surface area contributed by atoms with Crippen LogP contribution in [-0.2, 0) is 0 Å². The number of rotatable bonds is 5. The molecule has 0 amide bonds. The van der Waals surface area contributed by atoms with Gasteiger partial charge in [-0.25, -0.2) is 9.97 Å². The summed E-state index contributed by atoms with van der Waals surface area (Å²) in [6, 6.07) is 4.21. The average Bonchev–Trinajstić information content (AvgIpc) is 2.38. The quantitative estimate of drug-likeness (QED) is 0.868. The fourth-order valence-corrected chi connectivity index (χ4v) is 1.88. The molecular formula is C13H18N4O. The van der Waals surface area contributed by atoms with Crippen molar-refractivity contribution in [3.8, 4) is 0 Å². The summed E-state index contributed by atoms with van der Waals surface area (Å²) in [6.45, 7) is 5.20. The van der Waals surface area contributed by atoms with Crippen molar-refractivity contribution in [2.75, 3.05) is 18.1 Å². The predicted molar refractivity (Wildman–Crippen MR) is 71.5 cm³/mol. The van der Waals surface area contributed by atoms with Crippen molar-refractivity contribution in [2.45, 2.75) is 26.3 Å². The Bertz CT molecular complexity index is 515. The van der Waals surface area contributed by atoms with Gasteiger partial charge in [0.25, 0.3) is 0 Å². The predicted octanol–water partition coefficient (Wildman–Crippen LogP) is 1.62. The van der Waals surface area contributed by atoms with Crippen molar-refractivity contribution in [1.82, 2.24) is 15.0 Å². The van der Waals surface area contributed by atoms with Crippen LogP contribution in [0.15, 0.2) is 24.5 Å². The minimum atomic E-state index is 0.191. The Morgan fingerprint density at radius 2 is 2.00 bits per heavy atom. The lowest BCUT2D eigenvalue weighted by molar-refractivity contribution is 0.288. The Labute approximate surface area is 107 Å². The van der Waals surface area contributed by atoms with Crippen LogP contribution in [-0.4, -0.2) is 39.3 Å². The maximum Gasteiger partial charge on any atom is 0.180 e. The number of fused-ring (bicyclic) bond motifs is 1. The Morgan fingerprint density at radius 1 is 1.22 bits per heavy atom. The lowest BCUT2D eigenvalue weighted by Gasteiger charge is -2.27. The molecule has 0 atom stereocenters. The molecule has 2 rings (SSSR count). The maximum absolute atomic E-state index is 8.95. The molecule has 0 aliphatic carbocycles. The van der Waals surface area contributed by atoms with E-state index in [-0.39, 0.29) is 6.61 Å². The second-order valence-corrected chi connectivity index (χ2v) is 4.43. The molecule has 0 aliphatic rings. The highest BCUT2D eigenvalue weighted by molar-refractivity contribution is 5.71. The third kappa shape index (κ3) is 2.73. The molecule has 5 heteroatoms. The van der Waals surface area contributed by atoms with Gasteiger partial charge >= 0.3 is 0 Å². The van der Waals surface area contributed by atoms with E-state index in [0.717, 1.165) is 24.3 Å². The van der Waals surface area contributed by atoms with E-state index in [1.54, 1.807) is 12.4 Å². The molecule has 18 heavy (non-hydrogen) atoms. The molecule has 0 bridgehead atoms. The summed E-state index contributed by atoms with van der Waals surface area (Å²) in [7, 11) is 0. The molecule has 5 nitrogen and oxygen atoms in total. The Kier molecular flexibility index (Phi) is 4.04. The zero-order valence-corrected chi connectivity index (χ0v) is 10.7. The lowest BCUT2D eigenvalue weighted by Crippen LogP contribution is -2.32. The van der Waals surface area contributed by atoms with Crippen LogP contribution in [0.5, 0.6) is 0 Å². The Hall–Kier alpha value is -1.75. The van der Waals surface area contributed by atoms with Gasteiger partial charge in [-0.1, -0.05) is 0 Å². The van der Waals surface area contributed by atoms with Crippen LogP contribution in [0.2, 0.25) is 0 Å². The molecular weight excluding hydrogens is 228 g/mol. The summed E-state index contributed by atoms with van der Waals surface area (Å²) in [5.41, 5.74) is 1.46.